The lowest BCUT2D eigenvalue weighted by molar-refractivity contribution is 0.0409. The molecule has 4 heteroatoms. The Morgan fingerprint density at radius 2 is 1.80 bits per heavy atom. The van der Waals surface area contributed by atoms with E-state index in [1.807, 2.05) is 17.0 Å². The van der Waals surface area contributed by atoms with Crippen LogP contribution in [-0.4, -0.2) is 52.6 Å². The number of aliphatic hydroxyl groups is 1. The van der Waals surface area contributed by atoms with Crippen LogP contribution in [0.25, 0.3) is 0 Å². The lowest BCUT2D eigenvalue weighted by Gasteiger charge is -2.38. The van der Waals surface area contributed by atoms with Gasteiger partial charge in [0.15, 0.2) is 0 Å². The van der Waals surface area contributed by atoms with E-state index in [4.69, 9.17) is 0 Å². The minimum Gasteiger partial charge on any atom is -0.394 e. The molecule has 1 aromatic rings. The highest BCUT2D eigenvalue weighted by molar-refractivity contribution is 5.94. The number of aliphatic hydroxyl groups excluding tert-OH is 1. The van der Waals surface area contributed by atoms with Gasteiger partial charge in [0.1, 0.15) is 0 Å². The number of nitrogens with zero attached hydrogens (tertiary/aromatic N) is 2. The largest absolute Gasteiger partial charge is 0.394 e. The number of benzene rings is 1. The molecule has 0 spiro atoms. The van der Waals surface area contributed by atoms with E-state index in [-0.39, 0.29) is 18.1 Å². The van der Waals surface area contributed by atoms with Gasteiger partial charge in [-0.2, -0.15) is 0 Å². The van der Waals surface area contributed by atoms with Crippen LogP contribution in [0.4, 0.5) is 0 Å². The fourth-order valence-corrected chi connectivity index (χ4v) is 4.55. The number of hydrogen-bond donors (Lipinski definition) is 1. The summed E-state index contributed by atoms with van der Waals surface area (Å²) in [6, 6.07) is 8.10. The monoisotopic (exact) mass is 344 g/mol. The molecular weight excluding hydrogens is 312 g/mol. The van der Waals surface area contributed by atoms with Crippen molar-refractivity contribution < 1.29 is 9.90 Å². The first kappa shape index (κ1) is 18.4. The molecule has 1 N–H and O–H groups in total. The molecule has 1 amide bonds. The third kappa shape index (κ3) is 4.06. The Kier molecular flexibility index (Phi) is 5.80. The van der Waals surface area contributed by atoms with Gasteiger partial charge in [-0.1, -0.05) is 26.0 Å². The van der Waals surface area contributed by atoms with Gasteiger partial charge in [0, 0.05) is 30.7 Å². The topological polar surface area (TPSA) is 43.8 Å². The van der Waals surface area contributed by atoms with E-state index >= 15 is 0 Å². The molecule has 2 heterocycles. The van der Waals surface area contributed by atoms with Crippen molar-refractivity contribution >= 4 is 5.91 Å². The number of hydrogen-bond acceptors (Lipinski definition) is 3. The summed E-state index contributed by atoms with van der Waals surface area (Å²) in [4.78, 5) is 16.9. The van der Waals surface area contributed by atoms with E-state index in [9.17, 15) is 9.90 Å². The van der Waals surface area contributed by atoms with Crippen LogP contribution >= 0.6 is 0 Å². The fourth-order valence-electron chi connectivity index (χ4n) is 4.55. The maximum absolute atomic E-state index is 12.5. The summed E-state index contributed by atoms with van der Waals surface area (Å²) in [6.45, 7) is 8.37. The van der Waals surface area contributed by atoms with Crippen molar-refractivity contribution in [3.05, 3.63) is 35.4 Å². The number of carbonyl (C=O) groups is 1. The molecule has 0 bridgehead atoms. The minimum atomic E-state index is -0.0712. The van der Waals surface area contributed by atoms with Crippen molar-refractivity contribution in [1.29, 1.82) is 0 Å². The molecule has 0 saturated carbocycles. The Balaban J connectivity index is 1.67. The van der Waals surface area contributed by atoms with Crippen molar-refractivity contribution in [2.45, 2.75) is 58.0 Å². The molecule has 25 heavy (non-hydrogen) atoms. The maximum Gasteiger partial charge on any atom is 0.253 e. The summed E-state index contributed by atoms with van der Waals surface area (Å²) in [7, 11) is 0. The lowest BCUT2D eigenvalue weighted by atomic mass is 9.87. The molecule has 2 saturated heterocycles. The SMILES string of the molecule is CC(C)C[C@@]1(CO)CCCN1Cc1ccc(C(=O)N2CCCC2)cc1. The second-order valence-corrected chi connectivity index (χ2v) is 8.20. The second kappa shape index (κ2) is 7.88. The van der Waals surface area contributed by atoms with E-state index in [0.29, 0.717) is 5.92 Å². The first-order chi connectivity index (χ1) is 12.0. The van der Waals surface area contributed by atoms with Gasteiger partial charge in [0.05, 0.1) is 6.61 Å². The van der Waals surface area contributed by atoms with Crippen LogP contribution in [0.2, 0.25) is 0 Å². The molecule has 2 fully saturated rings. The number of carbonyl (C=O) groups excluding carboxylic acids is 1. The molecule has 4 nitrogen and oxygen atoms in total. The molecule has 1 aromatic carbocycles. The zero-order chi connectivity index (χ0) is 17.9. The fraction of sp³-hybridized carbons (Fsp3) is 0.667. The van der Waals surface area contributed by atoms with Crippen LogP contribution in [0.1, 0.15) is 61.9 Å². The van der Waals surface area contributed by atoms with Gasteiger partial charge >= 0.3 is 0 Å². The first-order valence-electron chi connectivity index (χ1n) is 9.78. The zero-order valence-electron chi connectivity index (χ0n) is 15.7. The van der Waals surface area contributed by atoms with Crippen molar-refractivity contribution in [2.75, 3.05) is 26.2 Å². The van der Waals surface area contributed by atoms with Crippen LogP contribution in [0.15, 0.2) is 24.3 Å². The molecule has 0 aromatic heterocycles. The van der Waals surface area contributed by atoms with Crippen molar-refractivity contribution in [3.8, 4) is 0 Å². The van der Waals surface area contributed by atoms with Crippen LogP contribution in [0.3, 0.4) is 0 Å². The van der Waals surface area contributed by atoms with Crippen LogP contribution in [0.5, 0.6) is 0 Å². The van der Waals surface area contributed by atoms with Gasteiger partial charge in [-0.15, -0.1) is 0 Å². The molecule has 1 atom stereocenters. The molecule has 0 aliphatic carbocycles. The molecule has 3 rings (SSSR count). The summed E-state index contributed by atoms with van der Waals surface area (Å²) in [5, 5.41) is 10.1. The predicted molar refractivity (Wildman–Crippen MR) is 100 cm³/mol. The highest BCUT2D eigenvalue weighted by atomic mass is 16.3. The van der Waals surface area contributed by atoms with Crippen molar-refractivity contribution in [1.82, 2.24) is 9.80 Å². The van der Waals surface area contributed by atoms with E-state index in [1.165, 1.54) is 5.56 Å². The van der Waals surface area contributed by atoms with Gasteiger partial charge in [0.25, 0.3) is 5.91 Å². The van der Waals surface area contributed by atoms with Gasteiger partial charge in [-0.05, 0) is 62.3 Å². The summed E-state index contributed by atoms with van der Waals surface area (Å²) in [5.41, 5.74) is 1.95. The smallest absolute Gasteiger partial charge is 0.253 e. The summed E-state index contributed by atoms with van der Waals surface area (Å²) < 4.78 is 0. The maximum atomic E-state index is 12.5. The standard InChI is InChI=1S/C21H32N2O2/c1-17(2)14-21(16-24)10-5-13-23(21)15-18-6-8-19(9-7-18)20(25)22-11-3-4-12-22/h6-9,17,24H,3-5,10-16H2,1-2H3/t21-/m1/s1. The normalized spacial score (nSPS) is 24.4. The van der Waals surface area contributed by atoms with Gasteiger partial charge in [-0.25, -0.2) is 0 Å². The second-order valence-electron chi connectivity index (χ2n) is 8.20. The number of amides is 1. The number of likely N-dealkylation sites (tertiary alicyclic amines) is 2. The lowest BCUT2D eigenvalue weighted by Crippen LogP contribution is -2.47. The molecular formula is C21H32N2O2. The Morgan fingerprint density at radius 1 is 1.12 bits per heavy atom. The summed E-state index contributed by atoms with van der Waals surface area (Å²) in [6.07, 6.45) is 5.51. The van der Waals surface area contributed by atoms with E-state index < -0.39 is 0 Å². The highest BCUT2D eigenvalue weighted by Crippen LogP contribution is 2.35. The third-order valence-electron chi connectivity index (χ3n) is 5.79. The zero-order valence-corrected chi connectivity index (χ0v) is 15.7. The van der Waals surface area contributed by atoms with Gasteiger partial charge in [-0.3, -0.25) is 9.69 Å². The van der Waals surface area contributed by atoms with Crippen molar-refractivity contribution in [2.24, 2.45) is 5.92 Å². The van der Waals surface area contributed by atoms with Gasteiger partial charge in [0.2, 0.25) is 0 Å². The van der Waals surface area contributed by atoms with Crippen molar-refractivity contribution in [3.63, 3.8) is 0 Å². The van der Waals surface area contributed by atoms with E-state index in [0.717, 1.165) is 63.8 Å². The van der Waals surface area contributed by atoms with E-state index in [1.54, 1.807) is 0 Å². The summed E-state index contributed by atoms with van der Waals surface area (Å²) in [5.74, 6) is 0.739. The molecule has 2 aliphatic heterocycles. The Hall–Kier alpha value is -1.39. The van der Waals surface area contributed by atoms with E-state index in [2.05, 4.69) is 30.9 Å². The van der Waals surface area contributed by atoms with Crippen LogP contribution in [0, 0.1) is 5.92 Å². The quantitative estimate of drug-likeness (QED) is 0.861. The molecule has 0 radical (unpaired) electrons. The molecule has 0 unspecified atom stereocenters. The van der Waals surface area contributed by atoms with Crippen LogP contribution in [-0.2, 0) is 6.54 Å². The third-order valence-corrected chi connectivity index (χ3v) is 5.79. The first-order valence-corrected chi connectivity index (χ1v) is 9.78. The van der Waals surface area contributed by atoms with Crippen LogP contribution < -0.4 is 0 Å². The predicted octanol–water partition coefficient (Wildman–Crippen LogP) is 3.30. The molecule has 138 valence electrons. The Labute approximate surface area is 151 Å². The Bertz CT molecular complexity index is 578. The summed E-state index contributed by atoms with van der Waals surface area (Å²) >= 11 is 0. The van der Waals surface area contributed by atoms with Gasteiger partial charge < -0.3 is 10.0 Å². The average Bonchev–Trinajstić information content (AvgIpc) is 3.25. The Morgan fingerprint density at radius 3 is 2.40 bits per heavy atom. The average molecular weight is 344 g/mol. The minimum absolute atomic E-state index is 0.0712. The number of rotatable bonds is 6. The highest BCUT2D eigenvalue weighted by Gasteiger charge is 2.40. The molecule has 2 aliphatic rings.